The second-order valence-corrected chi connectivity index (χ2v) is 6.20. The number of aromatic nitrogens is 1. The Morgan fingerprint density at radius 2 is 1.75 bits per heavy atom. The molecule has 1 aromatic heterocycles. The molecule has 1 aromatic carbocycles. The highest BCUT2D eigenvalue weighted by Crippen LogP contribution is 2.28. The number of benzene rings is 1. The molecule has 0 spiro atoms. The zero-order valence-electron chi connectivity index (χ0n) is 12.7. The van der Waals surface area contributed by atoms with Gasteiger partial charge in [0.1, 0.15) is 6.10 Å². The van der Waals surface area contributed by atoms with Crippen LogP contribution >= 0.6 is 0 Å². The van der Waals surface area contributed by atoms with Crippen LogP contribution in [0.3, 0.4) is 0 Å². The molecule has 20 heavy (non-hydrogen) atoms. The number of nitrogens with zero attached hydrogens (tertiary/aromatic N) is 1. The summed E-state index contributed by atoms with van der Waals surface area (Å²) in [5, 5.41) is 10.6. The number of hydrogen-bond acceptors (Lipinski definition) is 2. The Kier molecular flexibility index (Phi) is 4.24. The molecule has 2 nitrogen and oxygen atoms in total. The summed E-state index contributed by atoms with van der Waals surface area (Å²) < 4.78 is 0. The van der Waals surface area contributed by atoms with Gasteiger partial charge in [-0.2, -0.15) is 0 Å². The minimum absolute atomic E-state index is 0.134. The van der Waals surface area contributed by atoms with E-state index >= 15 is 0 Å². The van der Waals surface area contributed by atoms with Crippen LogP contribution in [0.25, 0.3) is 0 Å². The summed E-state index contributed by atoms with van der Waals surface area (Å²) in [5.74, 6) is 0. The van der Waals surface area contributed by atoms with Crippen LogP contribution in [0.1, 0.15) is 56.1 Å². The normalized spacial score (nSPS) is 13.2. The standard InChI is InChI=1S/C18H23NO/c1-5-13-12-19-11-10-16(13)17(20)14-6-8-15(9-7-14)18(2,3)4/h6-12,17,20H,5H2,1-4H3. The Balaban J connectivity index is 2.32. The lowest BCUT2D eigenvalue weighted by atomic mass is 9.86. The fourth-order valence-electron chi connectivity index (χ4n) is 2.35. The van der Waals surface area contributed by atoms with Crippen molar-refractivity contribution in [1.29, 1.82) is 0 Å². The largest absolute Gasteiger partial charge is 0.384 e. The van der Waals surface area contributed by atoms with Crippen LogP contribution in [0.15, 0.2) is 42.7 Å². The number of aryl methyl sites for hydroxylation is 1. The van der Waals surface area contributed by atoms with Crippen molar-refractivity contribution in [2.24, 2.45) is 0 Å². The minimum Gasteiger partial charge on any atom is -0.384 e. The average Bonchev–Trinajstić information content (AvgIpc) is 2.45. The van der Waals surface area contributed by atoms with Crippen molar-refractivity contribution in [3.05, 3.63) is 65.0 Å². The second-order valence-electron chi connectivity index (χ2n) is 6.20. The van der Waals surface area contributed by atoms with Gasteiger partial charge in [-0.05, 0) is 40.2 Å². The topological polar surface area (TPSA) is 33.1 Å². The van der Waals surface area contributed by atoms with E-state index in [-0.39, 0.29) is 5.41 Å². The van der Waals surface area contributed by atoms with Crippen molar-refractivity contribution in [2.75, 3.05) is 0 Å². The molecule has 0 aliphatic rings. The van der Waals surface area contributed by atoms with Crippen LogP contribution in [0.4, 0.5) is 0 Å². The van der Waals surface area contributed by atoms with Gasteiger partial charge in [-0.25, -0.2) is 0 Å². The van der Waals surface area contributed by atoms with Gasteiger partial charge in [0.15, 0.2) is 0 Å². The van der Waals surface area contributed by atoms with E-state index < -0.39 is 6.10 Å². The van der Waals surface area contributed by atoms with Crippen LogP contribution in [0.2, 0.25) is 0 Å². The van der Waals surface area contributed by atoms with Gasteiger partial charge in [-0.3, -0.25) is 4.98 Å². The Morgan fingerprint density at radius 3 is 2.30 bits per heavy atom. The number of aliphatic hydroxyl groups is 1. The number of rotatable bonds is 3. The van der Waals surface area contributed by atoms with E-state index in [1.807, 2.05) is 24.4 Å². The van der Waals surface area contributed by atoms with Gasteiger partial charge in [0, 0.05) is 12.4 Å². The molecule has 0 saturated carbocycles. The highest BCUT2D eigenvalue weighted by molar-refractivity contribution is 5.36. The van der Waals surface area contributed by atoms with E-state index in [1.54, 1.807) is 6.20 Å². The van der Waals surface area contributed by atoms with E-state index in [4.69, 9.17) is 0 Å². The van der Waals surface area contributed by atoms with E-state index in [0.29, 0.717) is 0 Å². The molecular weight excluding hydrogens is 246 g/mol. The molecule has 0 aliphatic carbocycles. The lowest BCUT2D eigenvalue weighted by Gasteiger charge is -2.20. The van der Waals surface area contributed by atoms with Crippen LogP contribution in [-0.4, -0.2) is 10.1 Å². The molecule has 0 amide bonds. The quantitative estimate of drug-likeness (QED) is 0.912. The molecule has 0 bridgehead atoms. The first-order valence-electron chi connectivity index (χ1n) is 7.14. The lowest BCUT2D eigenvalue weighted by molar-refractivity contribution is 0.219. The maximum Gasteiger partial charge on any atom is 0.104 e. The molecule has 2 aromatic rings. The van der Waals surface area contributed by atoms with E-state index in [1.165, 1.54) is 5.56 Å². The average molecular weight is 269 g/mol. The summed E-state index contributed by atoms with van der Waals surface area (Å²) >= 11 is 0. The summed E-state index contributed by atoms with van der Waals surface area (Å²) in [6.07, 6.45) is 3.87. The molecule has 2 heteroatoms. The van der Waals surface area contributed by atoms with Gasteiger partial charge < -0.3 is 5.11 Å². The van der Waals surface area contributed by atoms with Gasteiger partial charge >= 0.3 is 0 Å². The molecule has 1 atom stereocenters. The molecule has 1 unspecified atom stereocenters. The predicted octanol–water partition coefficient (Wildman–Crippen LogP) is 4.02. The zero-order chi connectivity index (χ0) is 14.8. The maximum atomic E-state index is 10.6. The molecule has 0 radical (unpaired) electrons. The third kappa shape index (κ3) is 3.07. The maximum absolute atomic E-state index is 10.6. The van der Waals surface area contributed by atoms with E-state index in [2.05, 4.69) is 44.8 Å². The van der Waals surface area contributed by atoms with Crippen LogP contribution < -0.4 is 0 Å². The van der Waals surface area contributed by atoms with Gasteiger partial charge in [-0.15, -0.1) is 0 Å². The molecular formula is C18H23NO. The summed E-state index contributed by atoms with van der Waals surface area (Å²) in [5.41, 5.74) is 4.39. The molecule has 0 saturated heterocycles. The van der Waals surface area contributed by atoms with Gasteiger partial charge in [-0.1, -0.05) is 52.0 Å². The lowest BCUT2D eigenvalue weighted by Crippen LogP contribution is -2.11. The van der Waals surface area contributed by atoms with E-state index in [0.717, 1.165) is 23.1 Å². The predicted molar refractivity (Wildman–Crippen MR) is 82.8 cm³/mol. The minimum atomic E-state index is -0.582. The first kappa shape index (κ1) is 14.7. The SMILES string of the molecule is CCc1cnccc1C(O)c1ccc(C(C)(C)C)cc1. The fraction of sp³-hybridized carbons (Fsp3) is 0.389. The Labute approximate surface area is 121 Å². The first-order chi connectivity index (χ1) is 9.43. The monoisotopic (exact) mass is 269 g/mol. The first-order valence-corrected chi connectivity index (χ1v) is 7.14. The van der Waals surface area contributed by atoms with Crippen LogP contribution in [0, 0.1) is 0 Å². The van der Waals surface area contributed by atoms with Crippen molar-refractivity contribution in [3.63, 3.8) is 0 Å². The molecule has 1 N–H and O–H groups in total. The molecule has 106 valence electrons. The fourth-order valence-corrected chi connectivity index (χ4v) is 2.35. The molecule has 2 rings (SSSR count). The molecule has 0 fully saturated rings. The van der Waals surface area contributed by atoms with Gasteiger partial charge in [0.05, 0.1) is 0 Å². The third-order valence-electron chi connectivity index (χ3n) is 3.71. The summed E-state index contributed by atoms with van der Waals surface area (Å²) in [6.45, 7) is 8.65. The van der Waals surface area contributed by atoms with E-state index in [9.17, 15) is 5.11 Å². The van der Waals surface area contributed by atoms with Crippen LogP contribution in [-0.2, 0) is 11.8 Å². The van der Waals surface area contributed by atoms with Crippen molar-refractivity contribution in [2.45, 2.75) is 45.6 Å². The highest BCUT2D eigenvalue weighted by atomic mass is 16.3. The Morgan fingerprint density at radius 1 is 1.10 bits per heavy atom. The Hall–Kier alpha value is -1.67. The smallest absolute Gasteiger partial charge is 0.104 e. The zero-order valence-corrected chi connectivity index (χ0v) is 12.7. The summed E-state index contributed by atoms with van der Waals surface area (Å²) in [4.78, 5) is 4.13. The third-order valence-corrected chi connectivity index (χ3v) is 3.71. The number of pyridine rings is 1. The second kappa shape index (κ2) is 5.76. The Bertz CT molecular complexity index is 567. The van der Waals surface area contributed by atoms with Crippen LogP contribution in [0.5, 0.6) is 0 Å². The summed E-state index contributed by atoms with van der Waals surface area (Å²) in [7, 11) is 0. The van der Waals surface area contributed by atoms with Gasteiger partial charge in [0.2, 0.25) is 0 Å². The van der Waals surface area contributed by atoms with Crippen molar-refractivity contribution >= 4 is 0 Å². The van der Waals surface area contributed by atoms with Crippen molar-refractivity contribution < 1.29 is 5.11 Å². The highest BCUT2D eigenvalue weighted by Gasteiger charge is 2.16. The van der Waals surface area contributed by atoms with Crippen molar-refractivity contribution in [1.82, 2.24) is 4.98 Å². The molecule has 1 heterocycles. The number of aliphatic hydroxyl groups excluding tert-OH is 1. The van der Waals surface area contributed by atoms with Gasteiger partial charge in [0.25, 0.3) is 0 Å². The molecule has 0 aliphatic heterocycles. The summed E-state index contributed by atoms with van der Waals surface area (Å²) in [6, 6.07) is 10.1. The number of hydrogen-bond donors (Lipinski definition) is 1. The van der Waals surface area contributed by atoms with Crippen molar-refractivity contribution in [3.8, 4) is 0 Å².